The molecule has 1 aliphatic carbocycles. The number of hydrogen-bond acceptors (Lipinski definition) is 3. The smallest absolute Gasteiger partial charge is 0.0695 e. The number of nitrogens with one attached hydrogen (secondary N) is 1. The van der Waals surface area contributed by atoms with Crippen LogP contribution in [-0.4, -0.2) is 48.8 Å². The van der Waals surface area contributed by atoms with E-state index >= 15 is 0 Å². The molecular weight excluding hydrogens is 224 g/mol. The van der Waals surface area contributed by atoms with Gasteiger partial charge in [-0.25, -0.2) is 0 Å². The largest absolute Gasteiger partial charge is 0.391 e. The molecule has 2 N–H and O–H groups in total. The summed E-state index contributed by atoms with van der Waals surface area (Å²) in [6, 6.07) is 0.367. The van der Waals surface area contributed by atoms with Crippen LogP contribution in [0.15, 0.2) is 0 Å². The Kier molecular flexibility index (Phi) is 6.61. The maximum atomic E-state index is 10.1. The van der Waals surface area contributed by atoms with Crippen molar-refractivity contribution in [3.8, 4) is 0 Å². The fourth-order valence-corrected chi connectivity index (χ4v) is 3.04. The lowest BCUT2D eigenvalue weighted by atomic mass is 9.84. The van der Waals surface area contributed by atoms with Crippen LogP contribution in [0.4, 0.5) is 0 Å². The minimum atomic E-state index is -0.121. The molecule has 108 valence electrons. The van der Waals surface area contributed by atoms with Crippen LogP contribution in [0.2, 0.25) is 0 Å². The van der Waals surface area contributed by atoms with Crippen LogP contribution in [-0.2, 0) is 0 Å². The van der Waals surface area contributed by atoms with E-state index < -0.39 is 0 Å². The first-order chi connectivity index (χ1) is 8.52. The van der Waals surface area contributed by atoms with Crippen LogP contribution in [0.1, 0.15) is 52.9 Å². The molecule has 0 bridgehead atoms. The molecule has 1 saturated carbocycles. The molecule has 18 heavy (non-hydrogen) atoms. The first-order valence-corrected chi connectivity index (χ1v) is 7.61. The van der Waals surface area contributed by atoms with E-state index in [1.807, 2.05) is 0 Å². The molecule has 0 aliphatic heterocycles. The van der Waals surface area contributed by atoms with Gasteiger partial charge in [-0.3, -0.25) is 0 Å². The molecule has 3 nitrogen and oxygen atoms in total. The Morgan fingerprint density at radius 1 is 1.28 bits per heavy atom. The third kappa shape index (κ3) is 4.52. The lowest BCUT2D eigenvalue weighted by Gasteiger charge is -2.40. The second-order valence-corrected chi connectivity index (χ2v) is 6.28. The standard InChI is InChI=1S/C15H32N2O/c1-5-15(3,11-16-6-2)12-17(4)13-9-7-8-10-14(13)18/h13-14,16,18H,5-12H2,1-4H3. The monoisotopic (exact) mass is 256 g/mol. The Morgan fingerprint density at radius 3 is 2.50 bits per heavy atom. The van der Waals surface area contributed by atoms with Gasteiger partial charge in [0.05, 0.1) is 6.10 Å². The molecule has 0 aromatic carbocycles. The van der Waals surface area contributed by atoms with Crippen LogP contribution in [0.25, 0.3) is 0 Å². The fraction of sp³-hybridized carbons (Fsp3) is 1.00. The van der Waals surface area contributed by atoms with E-state index in [-0.39, 0.29) is 6.10 Å². The van der Waals surface area contributed by atoms with E-state index in [1.54, 1.807) is 0 Å². The highest BCUT2D eigenvalue weighted by Crippen LogP contribution is 2.27. The van der Waals surface area contributed by atoms with Crippen molar-refractivity contribution in [1.29, 1.82) is 0 Å². The quantitative estimate of drug-likeness (QED) is 0.733. The topological polar surface area (TPSA) is 35.5 Å². The van der Waals surface area contributed by atoms with Gasteiger partial charge in [0, 0.05) is 19.1 Å². The van der Waals surface area contributed by atoms with Gasteiger partial charge in [0.15, 0.2) is 0 Å². The maximum absolute atomic E-state index is 10.1. The van der Waals surface area contributed by atoms with E-state index in [0.29, 0.717) is 11.5 Å². The summed E-state index contributed by atoms with van der Waals surface area (Å²) in [5.41, 5.74) is 0.307. The molecule has 1 fully saturated rings. The van der Waals surface area contributed by atoms with Crippen molar-refractivity contribution in [2.75, 3.05) is 26.7 Å². The zero-order chi connectivity index (χ0) is 13.6. The molecule has 3 atom stereocenters. The molecule has 3 heteroatoms. The van der Waals surface area contributed by atoms with Gasteiger partial charge >= 0.3 is 0 Å². The fourth-order valence-electron chi connectivity index (χ4n) is 3.04. The highest BCUT2D eigenvalue weighted by atomic mass is 16.3. The van der Waals surface area contributed by atoms with Crippen LogP contribution < -0.4 is 5.32 Å². The Hall–Kier alpha value is -0.120. The van der Waals surface area contributed by atoms with Gasteiger partial charge in [0.1, 0.15) is 0 Å². The lowest BCUT2D eigenvalue weighted by molar-refractivity contribution is 0.0141. The molecule has 0 aromatic rings. The number of rotatable bonds is 7. The average Bonchev–Trinajstić information content (AvgIpc) is 2.37. The number of likely N-dealkylation sites (N-methyl/N-ethyl adjacent to an activating group) is 1. The number of aliphatic hydroxyl groups excluding tert-OH is 1. The lowest BCUT2D eigenvalue weighted by Crippen LogP contribution is -2.49. The molecule has 1 aliphatic rings. The van der Waals surface area contributed by atoms with Crippen molar-refractivity contribution < 1.29 is 5.11 Å². The zero-order valence-corrected chi connectivity index (χ0v) is 12.7. The minimum Gasteiger partial charge on any atom is -0.391 e. The van der Waals surface area contributed by atoms with Gasteiger partial charge in [-0.15, -0.1) is 0 Å². The van der Waals surface area contributed by atoms with Crippen LogP contribution in [0, 0.1) is 5.41 Å². The molecule has 0 aromatic heterocycles. The first-order valence-electron chi connectivity index (χ1n) is 7.61. The van der Waals surface area contributed by atoms with Crippen molar-refractivity contribution >= 4 is 0 Å². The summed E-state index contributed by atoms with van der Waals surface area (Å²) in [5.74, 6) is 0. The summed E-state index contributed by atoms with van der Waals surface area (Å²) in [4.78, 5) is 2.39. The summed E-state index contributed by atoms with van der Waals surface area (Å²) in [6.45, 7) is 9.94. The molecule has 3 unspecified atom stereocenters. The van der Waals surface area contributed by atoms with Crippen LogP contribution in [0.3, 0.4) is 0 Å². The minimum absolute atomic E-state index is 0.121. The normalized spacial score (nSPS) is 28.3. The molecule has 0 saturated heterocycles. The molecular formula is C15H32N2O. The van der Waals surface area contributed by atoms with E-state index in [2.05, 4.69) is 38.0 Å². The second-order valence-electron chi connectivity index (χ2n) is 6.28. The molecule has 0 heterocycles. The Bertz CT molecular complexity index is 235. The summed E-state index contributed by atoms with van der Waals surface area (Å²) in [5, 5.41) is 13.6. The third-order valence-electron chi connectivity index (χ3n) is 4.55. The van der Waals surface area contributed by atoms with Crippen LogP contribution in [0.5, 0.6) is 0 Å². The highest BCUT2D eigenvalue weighted by Gasteiger charge is 2.31. The molecule has 0 spiro atoms. The van der Waals surface area contributed by atoms with E-state index in [4.69, 9.17) is 0 Å². The Labute approximate surface area is 113 Å². The predicted molar refractivity (Wildman–Crippen MR) is 77.8 cm³/mol. The van der Waals surface area contributed by atoms with Gasteiger partial charge in [-0.1, -0.05) is 33.6 Å². The van der Waals surface area contributed by atoms with Gasteiger partial charge in [0.2, 0.25) is 0 Å². The van der Waals surface area contributed by atoms with Crippen molar-refractivity contribution in [2.45, 2.75) is 65.0 Å². The van der Waals surface area contributed by atoms with Crippen molar-refractivity contribution in [2.24, 2.45) is 5.41 Å². The van der Waals surface area contributed by atoms with Crippen molar-refractivity contribution in [3.63, 3.8) is 0 Å². The Balaban J connectivity index is 2.51. The average molecular weight is 256 g/mol. The summed E-state index contributed by atoms with van der Waals surface area (Å²) < 4.78 is 0. The SMILES string of the molecule is CCNCC(C)(CC)CN(C)C1CCCCC1O. The molecule has 1 rings (SSSR count). The number of hydrogen-bond donors (Lipinski definition) is 2. The Morgan fingerprint density at radius 2 is 1.94 bits per heavy atom. The zero-order valence-electron chi connectivity index (χ0n) is 12.7. The second kappa shape index (κ2) is 7.46. The van der Waals surface area contributed by atoms with E-state index in [9.17, 15) is 5.11 Å². The van der Waals surface area contributed by atoms with Crippen LogP contribution >= 0.6 is 0 Å². The summed E-state index contributed by atoms with van der Waals surface area (Å²) in [7, 11) is 2.18. The van der Waals surface area contributed by atoms with Crippen molar-refractivity contribution in [1.82, 2.24) is 10.2 Å². The van der Waals surface area contributed by atoms with Gasteiger partial charge in [0.25, 0.3) is 0 Å². The third-order valence-corrected chi connectivity index (χ3v) is 4.55. The molecule has 0 amide bonds. The first kappa shape index (κ1) is 15.9. The highest BCUT2D eigenvalue weighted by molar-refractivity contribution is 4.86. The summed E-state index contributed by atoms with van der Waals surface area (Å²) in [6.07, 6.45) is 5.64. The number of aliphatic hydroxyl groups is 1. The number of nitrogens with zero attached hydrogens (tertiary/aromatic N) is 1. The van der Waals surface area contributed by atoms with Gasteiger partial charge in [-0.05, 0) is 38.3 Å². The predicted octanol–water partition coefficient (Wildman–Crippen LogP) is 2.25. The van der Waals surface area contributed by atoms with Crippen molar-refractivity contribution in [3.05, 3.63) is 0 Å². The summed E-state index contributed by atoms with van der Waals surface area (Å²) >= 11 is 0. The van der Waals surface area contributed by atoms with E-state index in [0.717, 1.165) is 32.5 Å². The van der Waals surface area contributed by atoms with Gasteiger partial charge < -0.3 is 15.3 Å². The molecule has 0 radical (unpaired) electrons. The van der Waals surface area contributed by atoms with E-state index in [1.165, 1.54) is 19.3 Å². The van der Waals surface area contributed by atoms with Gasteiger partial charge in [-0.2, -0.15) is 0 Å². The maximum Gasteiger partial charge on any atom is 0.0695 e.